The minimum absolute atomic E-state index is 0.388. The molecule has 1 rings (SSSR count). The molecule has 0 aromatic heterocycles. The van der Waals surface area contributed by atoms with Crippen LogP contribution >= 0.6 is 0 Å². The fourth-order valence-corrected chi connectivity index (χ4v) is 1.12. The van der Waals surface area contributed by atoms with E-state index in [4.69, 9.17) is 16.3 Å². The van der Waals surface area contributed by atoms with Crippen LogP contribution in [0.1, 0.15) is 0 Å². The van der Waals surface area contributed by atoms with E-state index in [1.165, 1.54) is 0 Å². The molecule has 0 aliphatic carbocycles. The van der Waals surface area contributed by atoms with Crippen molar-refractivity contribution in [3.05, 3.63) is 0 Å². The molecule has 0 radical (unpaired) electrons. The van der Waals surface area contributed by atoms with E-state index < -0.39 is 12.1 Å². The van der Waals surface area contributed by atoms with Gasteiger partial charge in [0.05, 0.1) is 13.2 Å². The monoisotopic (exact) mass is 169 g/mol. The van der Waals surface area contributed by atoms with Gasteiger partial charge in [0.1, 0.15) is 0 Å². The van der Waals surface area contributed by atoms with E-state index in [1.54, 1.807) is 0 Å². The molecule has 0 aromatic rings. The predicted molar refractivity (Wildman–Crippen MR) is 42.6 cm³/mol. The largest absolute Gasteiger partial charge is 0.479 e. The number of morpholine rings is 1. The number of hydrogen-bond donors (Lipinski definition) is 1. The molecule has 1 aliphatic heterocycles. The molecule has 0 aromatic carbocycles. The van der Waals surface area contributed by atoms with Crippen molar-refractivity contribution in [1.29, 1.82) is 0 Å². The summed E-state index contributed by atoms with van der Waals surface area (Å²) in [6.45, 7) is 2.04. The predicted octanol–water partition coefficient (Wildman–Crippen LogP) is -0.595. The van der Waals surface area contributed by atoms with Gasteiger partial charge in [-0.2, -0.15) is 0 Å². The van der Waals surface area contributed by atoms with Crippen molar-refractivity contribution in [2.75, 3.05) is 26.2 Å². The molecular formula is C8H11NO3. The lowest BCUT2D eigenvalue weighted by Crippen LogP contribution is -2.46. The second-order valence-electron chi connectivity index (χ2n) is 2.64. The molecule has 1 unspecified atom stereocenters. The fourth-order valence-electron chi connectivity index (χ4n) is 1.12. The summed E-state index contributed by atoms with van der Waals surface area (Å²) < 4.78 is 5.01. The lowest BCUT2D eigenvalue weighted by atomic mass is 10.3. The van der Waals surface area contributed by atoms with Gasteiger partial charge >= 0.3 is 5.97 Å². The number of nitrogens with zero attached hydrogens (tertiary/aromatic N) is 1. The van der Waals surface area contributed by atoms with Crippen molar-refractivity contribution in [3.63, 3.8) is 0 Å². The highest BCUT2D eigenvalue weighted by Gasteiger charge is 2.25. The van der Waals surface area contributed by atoms with Crippen LogP contribution < -0.4 is 0 Å². The van der Waals surface area contributed by atoms with Crippen LogP contribution in [0.5, 0.6) is 0 Å². The summed E-state index contributed by atoms with van der Waals surface area (Å²) in [6, 6.07) is 0. The van der Waals surface area contributed by atoms with Crippen LogP contribution in [0.25, 0.3) is 0 Å². The van der Waals surface area contributed by atoms with Crippen LogP contribution in [-0.2, 0) is 9.53 Å². The summed E-state index contributed by atoms with van der Waals surface area (Å²) >= 11 is 0. The molecule has 12 heavy (non-hydrogen) atoms. The Morgan fingerprint density at radius 3 is 3.17 bits per heavy atom. The third kappa shape index (κ3) is 2.22. The maximum atomic E-state index is 10.5. The standard InChI is InChI=1S/C8H11NO3/c1-2-3-9-4-5-12-7(6-9)8(10)11/h1,7H,3-6H2,(H,10,11). The van der Waals surface area contributed by atoms with Gasteiger partial charge in [-0.15, -0.1) is 6.42 Å². The lowest BCUT2D eigenvalue weighted by Gasteiger charge is -2.28. The number of rotatable bonds is 2. The highest BCUT2D eigenvalue weighted by molar-refractivity contribution is 5.72. The minimum Gasteiger partial charge on any atom is -0.479 e. The first-order valence-electron chi connectivity index (χ1n) is 3.74. The van der Waals surface area contributed by atoms with Gasteiger partial charge in [-0.3, -0.25) is 4.90 Å². The zero-order valence-corrected chi connectivity index (χ0v) is 6.69. The van der Waals surface area contributed by atoms with E-state index in [9.17, 15) is 4.79 Å². The molecular weight excluding hydrogens is 158 g/mol. The summed E-state index contributed by atoms with van der Waals surface area (Å²) in [5.41, 5.74) is 0. The Kier molecular flexibility index (Phi) is 3.09. The molecule has 1 saturated heterocycles. The zero-order chi connectivity index (χ0) is 8.97. The normalized spacial score (nSPS) is 24.8. The Bertz CT molecular complexity index is 209. The van der Waals surface area contributed by atoms with Crippen LogP contribution in [0.2, 0.25) is 0 Å². The van der Waals surface area contributed by atoms with Crippen molar-refractivity contribution >= 4 is 5.97 Å². The molecule has 0 saturated carbocycles. The number of hydrogen-bond acceptors (Lipinski definition) is 3. The molecule has 0 bridgehead atoms. The zero-order valence-electron chi connectivity index (χ0n) is 6.69. The van der Waals surface area contributed by atoms with Gasteiger partial charge in [0.25, 0.3) is 0 Å². The van der Waals surface area contributed by atoms with Crippen molar-refractivity contribution in [2.45, 2.75) is 6.10 Å². The first-order chi connectivity index (χ1) is 5.74. The van der Waals surface area contributed by atoms with Gasteiger partial charge in [0, 0.05) is 13.1 Å². The number of carbonyl (C=O) groups is 1. The van der Waals surface area contributed by atoms with E-state index in [-0.39, 0.29) is 0 Å². The Labute approximate surface area is 71.1 Å². The number of aliphatic carboxylic acids is 1. The quantitative estimate of drug-likeness (QED) is 0.561. The number of ether oxygens (including phenoxy) is 1. The maximum absolute atomic E-state index is 10.5. The first-order valence-corrected chi connectivity index (χ1v) is 3.74. The van der Waals surface area contributed by atoms with Crippen molar-refractivity contribution in [1.82, 2.24) is 4.90 Å². The van der Waals surface area contributed by atoms with E-state index in [1.807, 2.05) is 4.90 Å². The smallest absolute Gasteiger partial charge is 0.334 e. The molecule has 4 nitrogen and oxygen atoms in total. The molecule has 1 heterocycles. The third-order valence-electron chi connectivity index (χ3n) is 1.74. The summed E-state index contributed by atoms with van der Waals surface area (Å²) in [5, 5.41) is 8.62. The molecule has 4 heteroatoms. The molecule has 1 fully saturated rings. The van der Waals surface area contributed by atoms with Gasteiger partial charge in [-0.25, -0.2) is 4.79 Å². The SMILES string of the molecule is C#CCN1CCOC(C(=O)O)C1. The minimum atomic E-state index is -0.920. The van der Waals surface area contributed by atoms with Crippen LogP contribution in [-0.4, -0.2) is 48.3 Å². The Morgan fingerprint density at radius 2 is 2.58 bits per heavy atom. The van der Waals surface area contributed by atoms with Gasteiger partial charge < -0.3 is 9.84 Å². The molecule has 0 spiro atoms. The lowest BCUT2D eigenvalue weighted by molar-refractivity contribution is -0.155. The Morgan fingerprint density at radius 1 is 1.83 bits per heavy atom. The highest BCUT2D eigenvalue weighted by atomic mass is 16.5. The summed E-state index contributed by atoms with van der Waals surface area (Å²) in [6.07, 6.45) is 4.39. The topological polar surface area (TPSA) is 49.8 Å². The number of carboxylic acids is 1. The molecule has 1 atom stereocenters. The van der Waals surface area contributed by atoms with E-state index in [0.29, 0.717) is 26.2 Å². The van der Waals surface area contributed by atoms with Crippen molar-refractivity contribution in [3.8, 4) is 12.3 Å². The van der Waals surface area contributed by atoms with E-state index >= 15 is 0 Å². The third-order valence-corrected chi connectivity index (χ3v) is 1.74. The second-order valence-corrected chi connectivity index (χ2v) is 2.64. The van der Waals surface area contributed by atoms with Crippen LogP contribution in [0.15, 0.2) is 0 Å². The van der Waals surface area contributed by atoms with Gasteiger partial charge in [0.2, 0.25) is 0 Å². The van der Waals surface area contributed by atoms with Crippen molar-refractivity contribution in [2.24, 2.45) is 0 Å². The fraction of sp³-hybridized carbons (Fsp3) is 0.625. The Hall–Kier alpha value is -1.05. The Balaban J connectivity index is 2.41. The van der Waals surface area contributed by atoms with Crippen LogP contribution in [0.3, 0.4) is 0 Å². The van der Waals surface area contributed by atoms with Gasteiger partial charge in [-0.1, -0.05) is 5.92 Å². The number of carboxylic acid groups (broad SMARTS) is 1. The summed E-state index contributed by atoms with van der Waals surface area (Å²) in [4.78, 5) is 12.4. The highest BCUT2D eigenvalue weighted by Crippen LogP contribution is 2.04. The average molecular weight is 169 g/mol. The van der Waals surface area contributed by atoms with Gasteiger partial charge in [0.15, 0.2) is 6.10 Å². The van der Waals surface area contributed by atoms with Crippen molar-refractivity contribution < 1.29 is 14.6 Å². The number of terminal acetylenes is 1. The molecule has 1 N–H and O–H groups in total. The van der Waals surface area contributed by atoms with Crippen LogP contribution in [0.4, 0.5) is 0 Å². The first kappa shape index (κ1) is 9.04. The maximum Gasteiger partial charge on any atom is 0.334 e. The van der Waals surface area contributed by atoms with Crippen LogP contribution in [0, 0.1) is 12.3 Å². The van der Waals surface area contributed by atoms with E-state index in [0.717, 1.165) is 0 Å². The molecule has 1 aliphatic rings. The average Bonchev–Trinajstić information content (AvgIpc) is 2.05. The second kappa shape index (κ2) is 4.10. The molecule has 66 valence electrons. The van der Waals surface area contributed by atoms with Gasteiger partial charge in [-0.05, 0) is 0 Å². The summed E-state index contributed by atoms with van der Waals surface area (Å²) in [5.74, 6) is 1.55. The molecule has 0 amide bonds. The van der Waals surface area contributed by atoms with E-state index in [2.05, 4.69) is 5.92 Å². The summed E-state index contributed by atoms with van der Waals surface area (Å²) in [7, 11) is 0.